The Morgan fingerprint density at radius 1 is 0.757 bits per heavy atom. The summed E-state index contributed by atoms with van der Waals surface area (Å²) in [5, 5.41) is 10.6. The second-order valence-electron chi connectivity index (χ2n) is 8.92. The van der Waals surface area contributed by atoms with Crippen LogP contribution in [0.4, 0.5) is 34.5 Å². The maximum Gasteiger partial charge on any atom is 0.255 e. The van der Waals surface area contributed by atoms with Crippen LogP contribution in [0.5, 0.6) is 0 Å². The SMILES string of the molecule is Cc1cc(Nc2ccc(C(=O)Nc3ccc(Nc4ccnc5cc(C)c(C)cc45)cc3)cc2)nc(N)n1. The number of carbonyl (C=O) groups excluding carboxylic acids is 1. The van der Waals surface area contributed by atoms with Gasteiger partial charge in [-0.1, -0.05) is 0 Å². The molecule has 0 aliphatic carbocycles. The summed E-state index contributed by atoms with van der Waals surface area (Å²) in [4.78, 5) is 25.5. The number of fused-ring (bicyclic) bond motifs is 1. The smallest absolute Gasteiger partial charge is 0.255 e. The number of hydrogen-bond donors (Lipinski definition) is 4. The number of pyridine rings is 1. The highest BCUT2D eigenvalue weighted by Crippen LogP contribution is 2.28. The van der Waals surface area contributed by atoms with Crippen LogP contribution in [-0.4, -0.2) is 20.9 Å². The number of nitrogen functional groups attached to an aromatic ring is 1. The number of hydrogen-bond acceptors (Lipinski definition) is 7. The van der Waals surface area contributed by atoms with Crippen LogP contribution in [0.2, 0.25) is 0 Å². The molecule has 5 N–H and O–H groups in total. The summed E-state index contributed by atoms with van der Waals surface area (Å²) in [7, 11) is 0. The van der Waals surface area contributed by atoms with Crippen molar-refractivity contribution < 1.29 is 4.79 Å². The Hall–Kier alpha value is -4.98. The fourth-order valence-corrected chi connectivity index (χ4v) is 4.02. The number of nitrogens with one attached hydrogen (secondary N) is 3. The lowest BCUT2D eigenvalue weighted by Gasteiger charge is -2.12. The van der Waals surface area contributed by atoms with Crippen LogP contribution in [0.1, 0.15) is 27.2 Å². The predicted molar refractivity (Wildman–Crippen MR) is 150 cm³/mol. The molecule has 0 saturated carbocycles. The van der Waals surface area contributed by atoms with Crippen LogP contribution < -0.4 is 21.7 Å². The number of anilines is 6. The van der Waals surface area contributed by atoms with Crippen molar-refractivity contribution in [1.82, 2.24) is 15.0 Å². The van der Waals surface area contributed by atoms with Gasteiger partial charge in [-0.05, 0) is 98.6 Å². The molecule has 8 nitrogen and oxygen atoms in total. The number of amides is 1. The molecule has 0 atom stereocenters. The zero-order valence-electron chi connectivity index (χ0n) is 20.8. The largest absolute Gasteiger partial charge is 0.368 e. The standard InChI is InChI=1S/C29H27N7O/c1-17-14-24-25(12-13-31-26(24)15-18(17)2)33-21-8-10-23(11-9-21)35-28(37)20-4-6-22(7-5-20)34-27-16-19(3)32-29(30)36-27/h4-16H,1-3H3,(H,31,33)(H,35,37)(H3,30,32,34,36). The van der Waals surface area contributed by atoms with Crippen molar-refractivity contribution >= 4 is 51.3 Å². The molecule has 5 aromatic rings. The molecule has 184 valence electrons. The number of aromatic nitrogens is 3. The molecule has 37 heavy (non-hydrogen) atoms. The molecule has 2 aromatic heterocycles. The Balaban J connectivity index is 1.24. The minimum absolute atomic E-state index is 0.194. The topological polar surface area (TPSA) is 118 Å². The zero-order chi connectivity index (χ0) is 25.9. The summed E-state index contributed by atoms with van der Waals surface area (Å²) in [6.45, 7) is 6.04. The average molecular weight is 490 g/mol. The Bertz CT molecular complexity index is 1580. The number of carbonyl (C=O) groups is 1. The maximum atomic E-state index is 12.8. The van der Waals surface area contributed by atoms with Gasteiger partial charge < -0.3 is 21.7 Å². The van der Waals surface area contributed by atoms with E-state index in [0.29, 0.717) is 17.1 Å². The van der Waals surface area contributed by atoms with Crippen LogP contribution in [0.15, 0.2) is 79.0 Å². The predicted octanol–water partition coefficient (Wildman–Crippen LogP) is 6.27. The molecule has 0 aliphatic rings. The van der Waals surface area contributed by atoms with Gasteiger partial charge in [-0.2, -0.15) is 4.98 Å². The Morgan fingerprint density at radius 3 is 2.14 bits per heavy atom. The number of rotatable bonds is 6. The fourth-order valence-electron chi connectivity index (χ4n) is 4.02. The highest BCUT2D eigenvalue weighted by atomic mass is 16.1. The first-order valence-corrected chi connectivity index (χ1v) is 11.9. The highest BCUT2D eigenvalue weighted by Gasteiger charge is 2.09. The number of benzene rings is 3. The molecule has 0 aliphatic heterocycles. The van der Waals surface area contributed by atoms with Crippen LogP contribution in [0, 0.1) is 20.8 Å². The molecule has 0 radical (unpaired) electrons. The lowest BCUT2D eigenvalue weighted by atomic mass is 10.1. The Morgan fingerprint density at radius 2 is 1.41 bits per heavy atom. The van der Waals surface area contributed by atoms with Gasteiger partial charge in [0.1, 0.15) is 5.82 Å². The first-order chi connectivity index (χ1) is 17.8. The molecule has 0 fully saturated rings. The van der Waals surface area contributed by atoms with Gasteiger partial charge in [0.15, 0.2) is 0 Å². The minimum Gasteiger partial charge on any atom is -0.368 e. The van der Waals surface area contributed by atoms with Crippen molar-refractivity contribution in [2.24, 2.45) is 0 Å². The quantitative estimate of drug-likeness (QED) is 0.222. The van der Waals surface area contributed by atoms with E-state index in [1.165, 1.54) is 11.1 Å². The molecule has 0 spiro atoms. The van der Waals surface area contributed by atoms with Gasteiger partial charge in [-0.3, -0.25) is 9.78 Å². The van der Waals surface area contributed by atoms with E-state index in [4.69, 9.17) is 5.73 Å². The van der Waals surface area contributed by atoms with Crippen LogP contribution in [-0.2, 0) is 0 Å². The van der Waals surface area contributed by atoms with Gasteiger partial charge in [-0.15, -0.1) is 0 Å². The van der Waals surface area contributed by atoms with Crippen LogP contribution in [0.3, 0.4) is 0 Å². The van der Waals surface area contributed by atoms with Crippen molar-refractivity contribution in [3.8, 4) is 0 Å². The van der Waals surface area contributed by atoms with E-state index in [2.05, 4.69) is 56.9 Å². The van der Waals surface area contributed by atoms with Gasteiger partial charge in [0.05, 0.1) is 5.52 Å². The zero-order valence-corrected chi connectivity index (χ0v) is 20.8. The third-order valence-corrected chi connectivity index (χ3v) is 6.07. The maximum absolute atomic E-state index is 12.8. The monoisotopic (exact) mass is 489 g/mol. The van der Waals surface area contributed by atoms with Gasteiger partial charge in [-0.25, -0.2) is 4.98 Å². The molecular weight excluding hydrogens is 462 g/mol. The molecule has 0 saturated heterocycles. The number of nitrogens with two attached hydrogens (primary N) is 1. The molecule has 8 heteroatoms. The van der Waals surface area contributed by atoms with E-state index >= 15 is 0 Å². The second kappa shape index (κ2) is 9.94. The van der Waals surface area contributed by atoms with Crippen LogP contribution >= 0.6 is 0 Å². The van der Waals surface area contributed by atoms with Crippen molar-refractivity contribution in [1.29, 1.82) is 0 Å². The van der Waals surface area contributed by atoms with Crippen molar-refractivity contribution in [3.05, 3.63) is 101 Å². The van der Waals surface area contributed by atoms with E-state index < -0.39 is 0 Å². The van der Waals surface area contributed by atoms with E-state index in [-0.39, 0.29) is 11.9 Å². The van der Waals surface area contributed by atoms with Gasteiger partial charge in [0.2, 0.25) is 5.95 Å². The second-order valence-corrected chi connectivity index (χ2v) is 8.92. The molecule has 2 heterocycles. The van der Waals surface area contributed by atoms with Crippen molar-refractivity contribution in [2.75, 3.05) is 21.7 Å². The fraction of sp³-hybridized carbons (Fsp3) is 0.103. The average Bonchev–Trinajstić information content (AvgIpc) is 2.86. The summed E-state index contributed by atoms with van der Waals surface area (Å²) in [5.74, 6) is 0.611. The van der Waals surface area contributed by atoms with E-state index in [1.807, 2.05) is 49.4 Å². The molecule has 1 amide bonds. The van der Waals surface area contributed by atoms with E-state index in [9.17, 15) is 4.79 Å². The molecule has 0 bridgehead atoms. The minimum atomic E-state index is -0.194. The third-order valence-electron chi connectivity index (χ3n) is 6.07. The van der Waals surface area contributed by atoms with Gasteiger partial charge in [0, 0.05) is 51.7 Å². The third kappa shape index (κ3) is 5.48. The molecule has 0 unspecified atom stereocenters. The first kappa shape index (κ1) is 23.7. The summed E-state index contributed by atoms with van der Waals surface area (Å²) < 4.78 is 0. The summed E-state index contributed by atoms with van der Waals surface area (Å²) in [5.41, 5.74) is 13.8. The summed E-state index contributed by atoms with van der Waals surface area (Å²) in [6.07, 6.45) is 1.80. The first-order valence-electron chi connectivity index (χ1n) is 11.9. The Kier molecular flexibility index (Phi) is 6.38. The van der Waals surface area contributed by atoms with Gasteiger partial charge in [0.25, 0.3) is 5.91 Å². The lowest BCUT2D eigenvalue weighted by Crippen LogP contribution is -2.11. The summed E-state index contributed by atoms with van der Waals surface area (Å²) >= 11 is 0. The van der Waals surface area contributed by atoms with Gasteiger partial charge >= 0.3 is 0 Å². The van der Waals surface area contributed by atoms with Crippen LogP contribution in [0.25, 0.3) is 10.9 Å². The molecule has 5 rings (SSSR count). The lowest BCUT2D eigenvalue weighted by molar-refractivity contribution is 0.102. The Labute approximate surface area is 215 Å². The molecular formula is C29H27N7O. The number of nitrogens with zero attached hydrogens (tertiary/aromatic N) is 3. The van der Waals surface area contributed by atoms with Crippen molar-refractivity contribution in [3.63, 3.8) is 0 Å². The van der Waals surface area contributed by atoms with Crippen molar-refractivity contribution in [2.45, 2.75) is 20.8 Å². The summed E-state index contributed by atoms with van der Waals surface area (Å²) in [6, 6.07) is 22.8. The highest BCUT2D eigenvalue weighted by molar-refractivity contribution is 6.04. The molecule has 3 aromatic carbocycles. The van der Waals surface area contributed by atoms with E-state index in [1.54, 1.807) is 24.4 Å². The number of aryl methyl sites for hydroxylation is 3. The normalized spacial score (nSPS) is 10.8. The van der Waals surface area contributed by atoms with E-state index in [0.717, 1.165) is 33.7 Å².